The van der Waals surface area contributed by atoms with Gasteiger partial charge in [0.15, 0.2) is 11.5 Å². The van der Waals surface area contributed by atoms with Crippen molar-refractivity contribution in [3.63, 3.8) is 0 Å². The Morgan fingerprint density at radius 3 is 2.62 bits per heavy atom. The van der Waals surface area contributed by atoms with Crippen LogP contribution >= 0.6 is 0 Å². The largest absolute Gasteiger partial charge is 0.486 e. The van der Waals surface area contributed by atoms with E-state index in [2.05, 4.69) is 4.90 Å². The smallest absolute Gasteiger partial charge is 0.303 e. The lowest BCUT2D eigenvalue weighted by molar-refractivity contribution is -0.137. The van der Waals surface area contributed by atoms with E-state index in [-0.39, 0.29) is 11.3 Å². The molecule has 1 saturated heterocycles. The average molecular weight is 384 g/mol. The van der Waals surface area contributed by atoms with Gasteiger partial charge in [-0.15, -0.1) is 0 Å². The van der Waals surface area contributed by atoms with Crippen LogP contribution in [0, 0.1) is 0 Å². The van der Waals surface area contributed by atoms with E-state index in [1.54, 1.807) is 12.1 Å². The molecule has 0 spiro atoms. The second-order valence-electron chi connectivity index (χ2n) is 6.40. The third kappa shape index (κ3) is 4.46. The molecule has 0 aromatic heterocycles. The number of sulfonamides is 1. The van der Waals surface area contributed by atoms with Crippen LogP contribution in [0.2, 0.25) is 0 Å². The average Bonchev–Trinajstić information content (AvgIpc) is 2.87. The number of hydrogen-bond donors (Lipinski definition) is 1. The first kappa shape index (κ1) is 18.9. The number of aliphatic carboxylic acids is 1. The molecule has 8 nitrogen and oxygen atoms in total. The van der Waals surface area contributed by atoms with Crippen LogP contribution in [0.4, 0.5) is 0 Å². The van der Waals surface area contributed by atoms with Crippen molar-refractivity contribution in [1.29, 1.82) is 0 Å². The van der Waals surface area contributed by atoms with Crippen LogP contribution in [0.25, 0.3) is 0 Å². The third-order valence-electron chi connectivity index (χ3n) is 4.56. The Hall–Kier alpha value is -1.84. The summed E-state index contributed by atoms with van der Waals surface area (Å²) in [6.07, 6.45) is 1.43. The maximum atomic E-state index is 13.0. The van der Waals surface area contributed by atoms with E-state index in [4.69, 9.17) is 14.6 Å². The fraction of sp³-hybridized carbons (Fsp3) is 0.588. The molecule has 1 fully saturated rings. The first-order chi connectivity index (χ1) is 12.5. The molecule has 2 heterocycles. The molecule has 9 heteroatoms. The highest BCUT2D eigenvalue weighted by molar-refractivity contribution is 7.89. The van der Waals surface area contributed by atoms with Gasteiger partial charge in [-0.2, -0.15) is 4.31 Å². The Morgan fingerprint density at radius 1 is 1.08 bits per heavy atom. The Labute approximate surface area is 153 Å². The van der Waals surface area contributed by atoms with Gasteiger partial charge < -0.3 is 19.5 Å². The van der Waals surface area contributed by atoms with Gasteiger partial charge in [0.05, 0.1) is 4.90 Å². The van der Waals surface area contributed by atoms with Crippen molar-refractivity contribution in [2.24, 2.45) is 0 Å². The minimum atomic E-state index is -3.60. The minimum absolute atomic E-state index is 0.135. The van der Waals surface area contributed by atoms with Crippen LogP contribution < -0.4 is 9.47 Å². The minimum Gasteiger partial charge on any atom is -0.486 e. The molecule has 3 rings (SSSR count). The predicted octanol–water partition coefficient (Wildman–Crippen LogP) is 1.02. The van der Waals surface area contributed by atoms with Gasteiger partial charge in [-0.1, -0.05) is 0 Å². The SMILES string of the molecule is O=C(O)CCCN1CCCN(S(=O)(=O)c2ccc3c(c2)OCCO3)CC1. The molecule has 0 bridgehead atoms. The number of rotatable bonds is 6. The maximum absolute atomic E-state index is 13.0. The summed E-state index contributed by atoms with van der Waals surface area (Å²) in [4.78, 5) is 13.0. The molecule has 144 valence electrons. The summed E-state index contributed by atoms with van der Waals surface area (Å²) in [5.41, 5.74) is 0. The van der Waals surface area contributed by atoms with Crippen LogP contribution in [0.3, 0.4) is 0 Å². The summed E-state index contributed by atoms with van der Waals surface area (Å²) in [6.45, 7) is 3.75. The second-order valence-corrected chi connectivity index (χ2v) is 8.34. The number of fused-ring (bicyclic) bond motifs is 1. The Kier molecular flexibility index (Phi) is 6.00. The predicted molar refractivity (Wildman–Crippen MR) is 94.1 cm³/mol. The summed E-state index contributed by atoms with van der Waals surface area (Å²) < 4.78 is 38.4. The van der Waals surface area contributed by atoms with Crippen LogP contribution in [0.1, 0.15) is 19.3 Å². The summed E-state index contributed by atoms with van der Waals surface area (Å²) in [5, 5.41) is 8.73. The highest BCUT2D eigenvalue weighted by Crippen LogP contribution is 2.33. The highest BCUT2D eigenvalue weighted by Gasteiger charge is 2.28. The van der Waals surface area contributed by atoms with Gasteiger partial charge in [-0.25, -0.2) is 8.42 Å². The molecule has 0 aliphatic carbocycles. The zero-order valence-corrected chi connectivity index (χ0v) is 15.4. The van der Waals surface area contributed by atoms with Crippen molar-refractivity contribution in [2.45, 2.75) is 24.2 Å². The number of carbonyl (C=O) groups is 1. The summed E-state index contributed by atoms with van der Waals surface area (Å²) in [5.74, 6) is 0.223. The molecule has 0 radical (unpaired) electrons. The molecule has 26 heavy (non-hydrogen) atoms. The van der Waals surface area contributed by atoms with Gasteiger partial charge in [0.2, 0.25) is 10.0 Å². The van der Waals surface area contributed by atoms with Gasteiger partial charge in [0.25, 0.3) is 0 Å². The van der Waals surface area contributed by atoms with E-state index in [0.29, 0.717) is 57.3 Å². The van der Waals surface area contributed by atoms with Gasteiger partial charge in [0.1, 0.15) is 13.2 Å². The van der Waals surface area contributed by atoms with Crippen LogP contribution in [-0.2, 0) is 14.8 Å². The molecule has 2 aliphatic rings. The van der Waals surface area contributed by atoms with Gasteiger partial charge in [-0.05, 0) is 38.1 Å². The molecule has 1 aromatic rings. The number of nitrogens with zero attached hydrogens (tertiary/aromatic N) is 2. The molecule has 0 atom stereocenters. The third-order valence-corrected chi connectivity index (χ3v) is 6.46. The first-order valence-corrected chi connectivity index (χ1v) is 10.2. The normalized spacial score (nSPS) is 19.1. The van der Waals surface area contributed by atoms with Crippen molar-refractivity contribution in [3.8, 4) is 11.5 Å². The van der Waals surface area contributed by atoms with E-state index in [1.807, 2.05) is 0 Å². The summed E-state index contributed by atoms with van der Waals surface area (Å²) in [7, 11) is -3.60. The van der Waals surface area contributed by atoms with Crippen molar-refractivity contribution in [2.75, 3.05) is 45.9 Å². The molecule has 1 aromatic carbocycles. The fourth-order valence-corrected chi connectivity index (χ4v) is 4.68. The molecule has 0 saturated carbocycles. The van der Waals surface area contributed by atoms with E-state index in [9.17, 15) is 13.2 Å². The number of benzene rings is 1. The number of carboxylic acids is 1. The molecule has 0 amide bonds. The lowest BCUT2D eigenvalue weighted by Gasteiger charge is -2.23. The fourth-order valence-electron chi connectivity index (χ4n) is 3.20. The second kappa shape index (κ2) is 8.24. The zero-order valence-electron chi connectivity index (χ0n) is 14.6. The molecule has 0 unspecified atom stereocenters. The van der Waals surface area contributed by atoms with Crippen molar-refractivity contribution in [1.82, 2.24) is 9.21 Å². The van der Waals surface area contributed by atoms with Gasteiger partial charge in [0, 0.05) is 32.1 Å². The van der Waals surface area contributed by atoms with Gasteiger partial charge >= 0.3 is 5.97 Å². The van der Waals surface area contributed by atoms with E-state index in [1.165, 1.54) is 10.4 Å². The summed E-state index contributed by atoms with van der Waals surface area (Å²) in [6, 6.07) is 4.72. The number of ether oxygens (including phenoxy) is 2. The molecule has 1 N–H and O–H groups in total. The van der Waals surface area contributed by atoms with E-state index >= 15 is 0 Å². The van der Waals surface area contributed by atoms with Crippen LogP contribution in [-0.4, -0.2) is 74.6 Å². The topological polar surface area (TPSA) is 96.4 Å². The van der Waals surface area contributed by atoms with Gasteiger partial charge in [-0.3, -0.25) is 4.79 Å². The van der Waals surface area contributed by atoms with Crippen molar-refractivity contribution < 1.29 is 27.8 Å². The zero-order chi connectivity index (χ0) is 18.6. The van der Waals surface area contributed by atoms with Crippen molar-refractivity contribution >= 4 is 16.0 Å². The number of carboxylic acid groups (broad SMARTS) is 1. The lowest BCUT2D eigenvalue weighted by atomic mass is 10.3. The van der Waals surface area contributed by atoms with Crippen LogP contribution in [0.15, 0.2) is 23.1 Å². The highest BCUT2D eigenvalue weighted by atomic mass is 32.2. The monoisotopic (exact) mass is 384 g/mol. The maximum Gasteiger partial charge on any atom is 0.303 e. The van der Waals surface area contributed by atoms with Crippen LogP contribution in [0.5, 0.6) is 11.5 Å². The quantitative estimate of drug-likeness (QED) is 0.782. The molecular weight excluding hydrogens is 360 g/mol. The standard InChI is InChI=1S/C17H24N2O6S/c20-17(21)3-1-6-18-7-2-8-19(10-9-18)26(22,23)14-4-5-15-16(13-14)25-12-11-24-15/h4-5,13H,1-3,6-12H2,(H,20,21). The summed E-state index contributed by atoms with van der Waals surface area (Å²) >= 11 is 0. The Bertz CT molecular complexity index is 752. The van der Waals surface area contributed by atoms with E-state index < -0.39 is 16.0 Å². The Balaban J connectivity index is 1.65. The lowest BCUT2D eigenvalue weighted by Crippen LogP contribution is -2.35. The molecular formula is C17H24N2O6S. The first-order valence-electron chi connectivity index (χ1n) is 8.81. The van der Waals surface area contributed by atoms with Crippen molar-refractivity contribution in [3.05, 3.63) is 18.2 Å². The number of hydrogen-bond acceptors (Lipinski definition) is 6. The molecule has 2 aliphatic heterocycles. The van der Waals surface area contributed by atoms with E-state index in [0.717, 1.165) is 13.0 Å². The Morgan fingerprint density at radius 2 is 1.85 bits per heavy atom.